The number of hydrogen-bond donors (Lipinski definition) is 1. The van der Waals surface area contributed by atoms with Gasteiger partial charge in [0.05, 0.1) is 17.4 Å². The molecule has 128 valence electrons. The van der Waals surface area contributed by atoms with Crippen molar-refractivity contribution in [2.75, 3.05) is 24.5 Å². The molecule has 0 amide bonds. The van der Waals surface area contributed by atoms with Gasteiger partial charge in [-0.05, 0) is 36.9 Å². The van der Waals surface area contributed by atoms with Crippen molar-refractivity contribution in [1.82, 2.24) is 9.97 Å². The van der Waals surface area contributed by atoms with Crippen molar-refractivity contribution in [2.24, 2.45) is 11.1 Å². The van der Waals surface area contributed by atoms with E-state index in [2.05, 4.69) is 21.8 Å². The molecule has 1 aromatic heterocycles. The van der Waals surface area contributed by atoms with Gasteiger partial charge in [-0.15, -0.1) is 0 Å². The van der Waals surface area contributed by atoms with Gasteiger partial charge in [-0.3, -0.25) is 0 Å². The van der Waals surface area contributed by atoms with Gasteiger partial charge in [0.1, 0.15) is 16.7 Å². The second kappa shape index (κ2) is 7.25. The first kappa shape index (κ1) is 17.5. The zero-order valence-electron chi connectivity index (χ0n) is 13.5. The minimum Gasteiger partial charge on any atom is -0.355 e. The van der Waals surface area contributed by atoms with Gasteiger partial charge in [-0.1, -0.05) is 36.4 Å². The van der Waals surface area contributed by atoms with E-state index < -0.39 is 5.82 Å². The SMILES string of the molecule is CC1(CN)CCN(c2cnc(Sc3cccc(F)c3Cl)cn2)CC1. The lowest BCUT2D eigenvalue weighted by Gasteiger charge is -2.39. The molecule has 0 saturated carbocycles. The molecule has 0 radical (unpaired) electrons. The zero-order chi connectivity index (χ0) is 17.2. The monoisotopic (exact) mass is 366 g/mol. The summed E-state index contributed by atoms with van der Waals surface area (Å²) in [4.78, 5) is 11.8. The van der Waals surface area contributed by atoms with Crippen molar-refractivity contribution in [2.45, 2.75) is 29.7 Å². The highest BCUT2D eigenvalue weighted by Gasteiger charge is 2.29. The van der Waals surface area contributed by atoms with Crippen LogP contribution in [0.25, 0.3) is 0 Å². The van der Waals surface area contributed by atoms with Crippen LogP contribution in [0.3, 0.4) is 0 Å². The topological polar surface area (TPSA) is 55.0 Å². The van der Waals surface area contributed by atoms with Gasteiger partial charge in [0, 0.05) is 18.0 Å². The summed E-state index contributed by atoms with van der Waals surface area (Å²) in [5.74, 6) is 0.436. The second-order valence-electron chi connectivity index (χ2n) is 6.37. The zero-order valence-corrected chi connectivity index (χ0v) is 15.1. The summed E-state index contributed by atoms with van der Waals surface area (Å²) >= 11 is 7.28. The van der Waals surface area contributed by atoms with Gasteiger partial charge in [0.2, 0.25) is 0 Å². The van der Waals surface area contributed by atoms with Crippen LogP contribution in [-0.4, -0.2) is 29.6 Å². The molecule has 7 heteroatoms. The average molecular weight is 367 g/mol. The maximum Gasteiger partial charge on any atom is 0.147 e. The van der Waals surface area contributed by atoms with E-state index in [0.29, 0.717) is 9.92 Å². The number of aromatic nitrogens is 2. The quantitative estimate of drug-likeness (QED) is 0.886. The van der Waals surface area contributed by atoms with Crippen molar-refractivity contribution in [1.29, 1.82) is 0 Å². The Morgan fingerprint density at radius 1 is 1.29 bits per heavy atom. The number of rotatable bonds is 4. The predicted molar refractivity (Wildman–Crippen MR) is 96.2 cm³/mol. The number of benzene rings is 1. The van der Waals surface area contributed by atoms with Crippen LogP contribution in [0.5, 0.6) is 0 Å². The second-order valence-corrected chi connectivity index (χ2v) is 7.81. The molecule has 2 heterocycles. The lowest BCUT2D eigenvalue weighted by molar-refractivity contribution is 0.258. The minimum atomic E-state index is -0.428. The summed E-state index contributed by atoms with van der Waals surface area (Å²) in [5.41, 5.74) is 6.08. The van der Waals surface area contributed by atoms with E-state index >= 15 is 0 Å². The maximum absolute atomic E-state index is 13.5. The van der Waals surface area contributed by atoms with E-state index in [4.69, 9.17) is 17.3 Å². The van der Waals surface area contributed by atoms with Gasteiger partial charge >= 0.3 is 0 Å². The molecular formula is C17H20ClFN4S. The van der Waals surface area contributed by atoms with Gasteiger partial charge in [-0.25, -0.2) is 14.4 Å². The number of hydrogen-bond acceptors (Lipinski definition) is 5. The molecule has 2 N–H and O–H groups in total. The normalized spacial score (nSPS) is 17.1. The van der Waals surface area contributed by atoms with Crippen LogP contribution >= 0.6 is 23.4 Å². The van der Waals surface area contributed by atoms with Gasteiger partial charge in [-0.2, -0.15) is 0 Å². The standard InChI is InChI=1S/C17H20ClFN4S/c1-17(11-20)5-7-23(8-6-17)14-9-22-15(10-21-14)24-13-4-2-3-12(19)16(13)18/h2-4,9-10H,5-8,11,20H2,1H3. The van der Waals surface area contributed by atoms with Crippen molar-refractivity contribution < 1.29 is 4.39 Å². The molecule has 1 aliphatic rings. The molecule has 1 aliphatic heterocycles. The Morgan fingerprint density at radius 3 is 2.67 bits per heavy atom. The fourth-order valence-corrected chi connectivity index (χ4v) is 3.69. The van der Waals surface area contributed by atoms with Crippen molar-refractivity contribution in [3.05, 3.63) is 41.4 Å². The minimum absolute atomic E-state index is 0.116. The van der Waals surface area contributed by atoms with Crippen LogP contribution < -0.4 is 10.6 Å². The molecule has 3 rings (SSSR count). The highest BCUT2D eigenvalue weighted by Crippen LogP contribution is 2.34. The number of halogens is 2. The third-order valence-corrected chi connectivity index (χ3v) is 6.01. The molecule has 0 bridgehead atoms. The van der Waals surface area contributed by atoms with Crippen LogP contribution in [0, 0.1) is 11.2 Å². The van der Waals surface area contributed by atoms with Crippen molar-refractivity contribution in [3.63, 3.8) is 0 Å². The summed E-state index contributed by atoms with van der Waals surface area (Å²) < 4.78 is 13.5. The summed E-state index contributed by atoms with van der Waals surface area (Å²) in [6.07, 6.45) is 5.58. The largest absolute Gasteiger partial charge is 0.355 e. The van der Waals surface area contributed by atoms with E-state index in [-0.39, 0.29) is 10.4 Å². The van der Waals surface area contributed by atoms with E-state index in [0.717, 1.165) is 38.3 Å². The third kappa shape index (κ3) is 3.82. The fourth-order valence-electron chi connectivity index (χ4n) is 2.68. The van der Waals surface area contributed by atoms with E-state index in [1.165, 1.54) is 17.8 Å². The first-order valence-electron chi connectivity index (χ1n) is 7.90. The van der Waals surface area contributed by atoms with Crippen LogP contribution in [-0.2, 0) is 0 Å². The molecule has 0 aliphatic carbocycles. The van der Waals surface area contributed by atoms with Gasteiger partial charge < -0.3 is 10.6 Å². The highest BCUT2D eigenvalue weighted by atomic mass is 35.5. The van der Waals surface area contributed by atoms with Crippen LogP contribution in [0.4, 0.5) is 10.2 Å². The number of anilines is 1. The van der Waals surface area contributed by atoms with Gasteiger partial charge in [0.25, 0.3) is 0 Å². The molecular weight excluding hydrogens is 347 g/mol. The molecule has 1 aromatic carbocycles. The van der Waals surface area contributed by atoms with E-state index in [1.54, 1.807) is 24.5 Å². The Kier molecular flexibility index (Phi) is 5.27. The molecule has 4 nitrogen and oxygen atoms in total. The lowest BCUT2D eigenvalue weighted by Crippen LogP contribution is -2.42. The Hall–Kier alpha value is -1.37. The van der Waals surface area contributed by atoms with Crippen LogP contribution in [0.1, 0.15) is 19.8 Å². The van der Waals surface area contributed by atoms with E-state index in [9.17, 15) is 4.39 Å². The summed E-state index contributed by atoms with van der Waals surface area (Å²) in [6, 6.07) is 4.74. The fraction of sp³-hybridized carbons (Fsp3) is 0.412. The lowest BCUT2D eigenvalue weighted by atomic mass is 9.80. The first-order chi connectivity index (χ1) is 11.5. The molecule has 2 aromatic rings. The molecule has 0 spiro atoms. The predicted octanol–water partition coefficient (Wildman–Crippen LogP) is 3.99. The molecule has 24 heavy (non-hydrogen) atoms. The maximum atomic E-state index is 13.5. The molecule has 1 fully saturated rings. The first-order valence-corrected chi connectivity index (χ1v) is 9.09. The van der Waals surface area contributed by atoms with Gasteiger partial charge in [0.15, 0.2) is 0 Å². The van der Waals surface area contributed by atoms with Crippen LogP contribution in [0.2, 0.25) is 5.02 Å². The number of nitrogens with two attached hydrogens (primary N) is 1. The summed E-state index contributed by atoms with van der Waals surface area (Å²) in [7, 11) is 0. The summed E-state index contributed by atoms with van der Waals surface area (Å²) in [6.45, 7) is 4.82. The molecule has 0 atom stereocenters. The van der Waals surface area contributed by atoms with E-state index in [1.807, 2.05) is 0 Å². The Labute approximate surface area is 150 Å². The third-order valence-electron chi connectivity index (χ3n) is 4.53. The molecule has 1 saturated heterocycles. The Morgan fingerprint density at radius 2 is 2.04 bits per heavy atom. The van der Waals surface area contributed by atoms with Crippen LogP contribution in [0.15, 0.2) is 40.5 Å². The Bertz CT molecular complexity index is 702. The average Bonchev–Trinajstić information content (AvgIpc) is 2.60. The highest BCUT2D eigenvalue weighted by molar-refractivity contribution is 7.99. The molecule has 0 unspecified atom stereocenters. The number of piperidine rings is 1. The Balaban J connectivity index is 1.67. The van der Waals surface area contributed by atoms with Crippen molar-refractivity contribution in [3.8, 4) is 0 Å². The number of nitrogens with zero attached hydrogens (tertiary/aromatic N) is 3. The summed E-state index contributed by atoms with van der Waals surface area (Å²) in [5, 5.41) is 0.806. The smallest absolute Gasteiger partial charge is 0.147 e. The van der Waals surface area contributed by atoms with Crippen molar-refractivity contribution >= 4 is 29.2 Å².